The Balaban J connectivity index is 0. The summed E-state index contributed by atoms with van der Waals surface area (Å²) in [4.78, 5) is 0. The van der Waals surface area contributed by atoms with Crippen molar-refractivity contribution in [3.05, 3.63) is 29.3 Å². The van der Waals surface area contributed by atoms with Gasteiger partial charge in [-0.25, -0.2) is 0 Å². The van der Waals surface area contributed by atoms with Crippen LogP contribution in [0.4, 0.5) is 0 Å². The van der Waals surface area contributed by atoms with Crippen molar-refractivity contribution in [2.75, 3.05) is 0 Å². The van der Waals surface area contributed by atoms with Gasteiger partial charge in [0.05, 0.1) is 0 Å². The molecular formula is C8H11BO2. The van der Waals surface area contributed by atoms with E-state index in [1.165, 1.54) is 0 Å². The van der Waals surface area contributed by atoms with Gasteiger partial charge in [-0.15, -0.1) is 0 Å². The predicted molar refractivity (Wildman–Crippen MR) is 45.2 cm³/mol. The Kier molecular flexibility index (Phi) is 5.76. The molecule has 3 heteroatoms. The summed E-state index contributed by atoms with van der Waals surface area (Å²) in [5, 5.41) is 0. The number of rotatable bonds is 0. The maximum Gasteiger partial charge on any atom is -0.870 e. The van der Waals surface area contributed by atoms with Crippen LogP contribution in [-0.4, -0.2) is 18.8 Å². The molecule has 0 fully saturated rings. The van der Waals surface area contributed by atoms with Crippen molar-refractivity contribution in [1.29, 1.82) is 0 Å². The second-order valence-electron chi connectivity index (χ2n) is 2.31. The summed E-state index contributed by atoms with van der Waals surface area (Å²) >= 11 is 0. The molecule has 0 unspecified atom stereocenters. The third-order valence-corrected chi connectivity index (χ3v) is 1.54. The number of hydrogen-bond donors (Lipinski definition) is 0. The zero-order chi connectivity index (χ0) is 6.85. The quantitative estimate of drug-likeness (QED) is 0.512. The van der Waals surface area contributed by atoms with E-state index < -0.39 is 0 Å². The summed E-state index contributed by atoms with van der Waals surface area (Å²) in [5.74, 6) is 0. The molecule has 0 aromatic heterocycles. The Morgan fingerprint density at radius 2 is 1.36 bits per heavy atom. The summed E-state index contributed by atoms with van der Waals surface area (Å²) in [5.41, 5.74) is 3.24. The molecule has 0 aliphatic carbocycles. The fourth-order valence-electron chi connectivity index (χ4n) is 0.827. The zero-order valence-electron chi connectivity index (χ0n) is 6.70. The molecule has 0 saturated carbocycles. The second kappa shape index (κ2) is 4.94. The van der Waals surface area contributed by atoms with Crippen LogP contribution in [0.15, 0.2) is 18.2 Å². The van der Waals surface area contributed by atoms with E-state index in [1.807, 2.05) is 32.0 Å². The van der Waals surface area contributed by atoms with Gasteiger partial charge in [0.15, 0.2) is 0 Å². The van der Waals surface area contributed by atoms with E-state index in [0.29, 0.717) is 0 Å². The van der Waals surface area contributed by atoms with Crippen LogP contribution >= 0.6 is 0 Å². The summed E-state index contributed by atoms with van der Waals surface area (Å²) in [6, 6.07) is 6.05. The van der Waals surface area contributed by atoms with E-state index in [0.717, 1.165) is 16.6 Å². The van der Waals surface area contributed by atoms with Gasteiger partial charge in [-0.2, -0.15) is 0 Å². The Morgan fingerprint density at radius 1 is 1.00 bits per heavy atom. The number of benzene rings is 1. The Hall–Kier alpha value is -0.795. The normalized spacial score (nSPS) is 8.00. The molecule has 1 aromatic rings. The zero-order valence-corrected chi connectivity index (χ0v) is 6.70. The van der Waals surface area contributed by atoms with Gasteiger partial charge in [-0.1, -0.05) is 0 Å². The molecule has 2 nitrogen and oxygen atoms in total. The molecule has 0 saturated heterocycles. The van der Waals surface area contributed by atoms with Gasteiger partial charge in [0, 0.05) is 0 Å². The number of aryl methyl sites for hydroxylation is 2. The number of hydrogen-bond acceptors (Lipinski definition) is 2. The van der Waals surface area contributed by atoms with Gasteiger partial charge in [0.2, 0.25) is 0 Å². The van der Waals surface area contributed by atoms with Crippen molar-refractivity contribution >= 4 is 13.3 Å². The third-order valence-electron chi connectivity index (χ3n) is 1.54. The molecule has 1 aromatic carbocycles. The predicted octanol–water partition coefficient (Wildman–Crippen LogP) is 0.744. The van der Waals surface area contributed by atoms with Gasteiger partial charge in [-0.3, -0.25) is 0 Å². The largest absolute Gasteiger partial charge is 0.870 e. The third kappa shape index (κ3) is 2.74. The van der Waals surface area contributed by atoms with Crippen LogP contribution in [0.2, 0.25) is 0 Å². The monoisotopic (exact) mass is 150 g/mol. The standard InChI is InChI=1S/C8H9B.2H2O/c1-6-4-3-5-7(2)8(6)9;;/h3-5H,1-2H3;2*1H2/q+2;;/p-2. The molecular weight excluding hydrogens is 139 g/mol. The van der Waals surface area contributed by atoms with Gasteiger partial charge >= 0.3 is 56.5 Å². The molecule has 0 bridgehead atoms. The first-order chi connectivity index (χ1) is 4.22. The maximum absolute atomic E-state index is 5.68. The van der Waals surface area contributed by atoms with Crippen molar-refractivity contribution in [2.24, 2.45) is 0 Å². The molecule has 0 spiro atoms. The fourth-order valence-corrected chi connectivity index (χ4v) is 0.827. The Morgan fingerprint density at radius 3 is 1.64 bits per heavy atom. The molecule has 2 N–H and O–H groups in total. The van der Waals surface area contributed by atoms with Crippen molar-refractivity contribution in [3.8, 4) is 0 Å². The summed E-state index contributed by atoms with van der Waals surface area (Å²) in [6.07, 6.45) is 0. The van der Waals surface area contributed by atoms with E-state index in [-0.39, 0.29) is 11.0 Å². The van der Waals surface area contributed by atoms with Crippen LogP contribution in [0, 0.1) is 13.8 Å². The van der Waals surface area contributed by atoms with Crippen molar-refractivity contribution in [1.82, 2.24) is 0 Å². The summed E-state index contributed by atoms with van der Waals surface area (Å²) in [6.45, 7) is 4.03. The van der Waals surface area contributed by atoms with E-state index in [4.69, 9.17) is 7.85 Å². The van der Waals surface area contributed by atoms with E-state index in [9.17, 15) is 0 Å². The Labute approximate surface area is 68.3 Å². The molecule has 0 heterocycles. The average Bonchev–Trinajstić information content (AvgIpc) is 1.83. The maximum atomic E-state index is 5.68. The first kappa shape index (κ1) is 12.8. The van der Waals surface area contributed by atoms with Crippen LogP contribution in [-0.2, 0) is 0 Å². The molecule has 0 atom stereocenters. The molecule has 58 valence electrons. The molecule has 0 aliphatic rings. The van der Waals surface area contributed by atoms with Crippen LogP contribution in [0.5, 0.6) is 0 Å². The van der Waals surface area contributed by atoms with Crippen LogP contribution in [0.3, 0.4) is 0 Å². The van der Waals surface area contributed by atoms with Crippen LogP contribution < -0.4 is 5.46 Å². The van der Waals surface area contributed by atoms with E-state index in [1.54, 1.807) is 0 Å². The topological polar surface area (TPSA) is 60.0 Å². The van der Waals surface area contributed by atoms with E-state index >= 15 is 0 Å². The van der Waals surface area contributed by atoms with Crippen molar-refractivity contribution in [2.45, 2.75) is 13.8 Å². The minimum atomic E-state index is 0. The molecule has 11 heavy (non-hydrogen) atoms. The molecule has 0 aliphatic heterocycles. The SMILES string of the molecule is [B+2]c1c(C)cccc1C.[OH-].[OH-]. The first-order valence-corrected chi connectivity index (χ1v) is 3.03. The van der Waals surface area contributed by atoms with Crippen molar-refractivity contribution < 1.29 is 11.0 Å². The fraction of sp³-hybridized carbons (Fsp3) is 0.250. The Bertz CT molecular complexity index is 203. The average molecular weight is 150 g/mol. The smallest absolute Gasteiger partial charge is 0.870 e. The summed E-state index contributed by atoms with van der Waals surface area (Å²) < 4.78 is 0. The van der Waals surface area contributed by atoms with Gasteiger partial charge < -0.3 is 11.0 Å². The molecule has 1 rings (SSSR count). The second-order valence-corrected chi connectivity index (χ2v) is 2.31. The first-order valence-electron chi connectivity index (χ1n) is 3.03. The van der Waals surface area contributed by atoms with Crippen LogP contribution in [0.25, 0.3) is 0 Å². The van der Waals surface area contributed by atoms with Gasteiger partial charge in [-0.05, 0) is 0 Å². The minimum Gasteiger partial charge on any atom is -0.870 e. The minimum absolute atomic E-state index is 0. The van der Waals surface area contributed by atoms with Crippen LogP contribution in [0.1, 0.15) is 11.1 Å². The summed E-state index contributed by atoms with van der Waals surface area (Å²) in [7, 11) is 5.68. The van der Waals surface area contributed by atoms with E-state index in [2.05, 4.69) is 0 Å². The molecule has 0 amide bonds. The molecule has 0 radical (unpaired) electrons. The van der Waals surface area contributed by atoms with Gasteiger partial charge in [0.25, 0.3) is 0 Å². The van der Waals surface area contributed by atoms with Gasteiger partial charge in [0.1, 0.15) is 0 Å². The van der Waals surface area contributed by atoms with Crippen molar-refractivity contribution in [3.63, 3.8) is 0 Å².